The number of piperidine rings is 1. The molecule has 1 N–H and O–H groups in total. The number of rotatable bonds is 3. The molecule has 1 aliphatic rings. The Bertz CT molecular complexity index is 398. The highest BCUT2D eigenvalue weighted by Gasteiger charge is 2.34. The Morgan fingerprint density at radius 3 is 2.83 bits per heavy atom. The van der Waals surface area contributed by atoms with Gasteiger partial charge in [0.1, 0.15) is 0 Å². The highest BCUT2D eigenvalue weighted by Crippen LogP contribution is 2.29. The lowest BCUT2D eigenvalue weighted by Crippen LogP contribution is -2.53. The largest absolute Gasteiger partial charge is 0.316 e. The second-order valence-electron chi connectivity index (χ2n) is 6.37. The Balaban J connectivity index is 2.05. The summed E-state index contributed by atoms with van der Waals surface area (Å²) in [6, 6.07) is 9.52. The van der Waals surface area contributed by atoms with Crippen LogP contribution in [0.1, 0.15) is 31.4 Å². The Morgan fingerprint density at radius 2 is 2.17 bits per heavy atom. The topological polar surface area (TPSA) is 15.3 Å². The number of hydrogen-bond donors (Lipinski definition) is 1. The van der Waals surface area contributed by atoms with Gasteiger partial charge < -0.3 is 5.32 Å². The number of hydrogen-bond acceptors (Lipinski definition) is 2. The number of aryl methyl sites for hydroxylation is 1. The lowest BCUT2D eigenvalue weighted by atomic mass is 9.79. The smallest absolute Gasteiger partial charge is 0.0233 e. The second-order valence-corrected chi connectivity index (χ2v) is 6.37. The van der Waals surface area contributed by atoms with Crippen LogP contribution in [0.4, 0.5) is 0 Å². The fourth-order valence-corrected chi connectivity index (χ4v) is 3.18. The molecule has 1 saturated heterocycles. The quantitative estimate of drug-likeness (QED) is 0.882. The molecule has 0 spiro atoms. The van der Waals surface area contributed by atoms with Crippen LogP contribution in [-0.2, 0) is 6.54 Å². The molecule has 0 aliphatic carbocycles. The van der Waals surface area contributed by atoms with Crippen LogP contribution in [-0.4, -0.2) is 31.1 Å². The maximum Gasteiger partial charge on any atom is 0.0233 e. The van der Waals surface area contributed by atoms with E-state index in [1.54, 1.807) is 0 Å². The lowest BCUT2D eigenvalue weighted by molar-refractivity contribution is 0.0745. The van der Waals surface area contributed by atoms with Crippen LogP contribution in [0.25, 0.3) is 0 Å². The van der Waals surface area contributed by atoms with Crippen LogP contribution in [0, 0.1) is 12.3 Å². The van der Waals surface area contributed by atoms with Gasteiger partial charge in [-0.2, -0.15) is 0 Å². The normalized spacial score (nSPS) is 23.3. The molecular formula is C16H26N2. The molecule has 1 heterocycles. The third-order valence-corrected chi connectivity index (χ3v) is 4.12. The van der Waals surface area contributed by atoms with Gasteiger partial charge in [-0.05, 0) is 37.9 Å². The highest BCUT2D eigenvalue weighted by molar-refractivity contribution is 5.22. The van der Waals surface area contributed by atoms with Crippen molar-refractivity contribution in [3.63, 3.8) is 0 Å². The van der Waals surface area contributed by atoms with Crippen LogP contribution in [0.3, 0.4) is 0 Å². The third kappa shape index (κ3) is 3.12. The molecule has 1 fully saturated rings. The average molecular weight is 246 g/mol. The molecule has 1 aromatic rings. The van der Waals surface area contributed by atoms with E-state index in [2.05, 4.69) is 62.3 Å². The van der Waals surface area contributed by atoms with E-state index in [1.807, 2.05) is 0 Å². The molecule has 2 rings (SSSR count). The minimum absolute atomic E-state index is 0.358. The van der Waals surface area contributed by atoms with E-state index in [0.717, 1.165) is 19.6 Å². The molecule has 0 saturated carbocycles. The molecule has 0 radical (unpaired) electrons. The summed E-state index contributed by atoms with van der Waals surface area (Å²) in [5.41, 5.74) is 3.13. The summed E-state index contributed by atoms with van der Waals surface area (Å²) in [5, 5.41) is 3.51. The van der Waals surface area contributed by atoms with Gasteiger partial charge in [0.25, 0.3) is 0 Å². The minimum atomic E-state index is 0.358. The van der Waals surface area contributed by atoms with Gasteiger partial charge in [-0.1, -0.05) is 43.7 Å². The van der Waals surface area contributed by atoms with Gasteiger partial charge in [-0.15, -0.1) is 0 Å². The Kier molecular flexibility index (Phi) is 4.08. The van der Waals surface area contributed by atoms with E-state index >= 15 is 0 Å². The van der Waals surface area contributed by atoms with Crippen molar-refractivity contribution in [2.45, 2.75) is 39.8 Å². The lowest BCUT2D eigenvalue weighted by Gasteiger charge is -2.44. The van der Waals surface area contributed by atoms with Gasteiger partial charge in [-0.3, -0.25) is 4.90 Å². The highest BCUT2D eigenvalue weighted by atomic mass is 15.2. The molecule has 2 heteroatoms. The standard InChI is InChI=1S/C16H26N2/c1-13-6-5-7-14(10-13)11-18(4)15-8-9-17-12-16(15,2)3/h5-7,10,15,17H,8-9,11-12H2,1-4H3. The third-order valence-electron chi connectivity index (χ3n) is 4.12. The molecule has 0 amide bonds. The van der Waals surface area contributed by atoms with E-state index in [4.69, 9.17) is 0 Å². The van der Waals surface area contributed by atoms with Crippen molar-refractivity contribution < 1.29 is 0 Å². The SMILES string of the molecule is Cc1cccc(CN(C)C2CCNCC2(C)C)c1. The molecule has 100 valence electrons. The van der Waals surface area contributed by atoms with Gasteiger partial charge in [0.05, 0.1) is 0 Å². The van der Waals surface area contributed by atoms with Gasteiger partial charge in [-0.25, -0.2) is 0 Å². The Hall–Kier alpha value is -0.860. The van der Waals surface area contributed by atoms with Crippen LogP contribution in [0.5, 0.6) is 0 Å². The molecule has 1 aliphatic heterocycles. The first kappa shape index (κ1) is 13.6. The van der Waals surface area contributed by atoms with Gasteiger partial charge in [0.2, 0.25) is 0 Å². The van der Waals surface area contributed by atoms with Gasteiger partial charge in [0.15, 0.2) is 0 Å². The van der Waals surface area contributed by atoms with E-state index in [9.17, 15) is 0 Å². The number of nitrogens with zero attached hydrogens (tertiary/aromatic N) is 1. The molecule has 2 nitrogen and oxygen atoms in total. The zero-order valence-corrected chi connectivity index (χ0v) is 12.2. The zero-order valence-electron chi connectivity index (χ0n) is 12.2. The molecule has 1 unspecified atom stereocenters. The maximum atomic E-state index is 3.51. The molecule has 1 aromatic carbocycles. The van der Waals surface area contributed by atoms with Crippen molar-refractivity contribution in [2.75, 3.05) is 20.1 Å². The predicted molar refractivity (Wildman–Crippen MR) is 77.7 cm³/mol. The van der Waals surface area contributed by atoms with Gasteiger partial charge in [0, 0.05) is 19.1 Å². The van der Waals surface area contributed by atoms with Crippen molar-refractivity contribution in [1.29, 1.82) is 0 Å². The first-order chi connectivity index (χ1) is 8.49. The van der Waals surface area contributed by atoms with Crippen LogP contribution >= 0.6 is 0 Å². The van der Waals surface area contributed by atoms with E-state index in [1.165, 1.54) is 17.5 Å². The minimum Gasteiger partial charge on any atom is -0.316 e. The monoisotopic (exact) mass is 246 g/mol. The summed E-state index contributed by atoms with van der Waals surface area (Å²) in [7, 11) is 2.26. The summed E-state index contributed by atoms with van der Waals surface area (Å²) in [6.45, 7) is 10.2. The first-order valence-corrected chi connectivity index (χ1v) is 6.95. The molecule has 1 atom stereocenters. The van der Waals surface area contributed by atoms with Crippen molar-refractivity contribution in [2.24, 2.45) is 5.41 Å². The average Bonchev–Trinajstić information content (AvgIpc) is 2.28. The molecule has 0 bridgehead atoms. The van der Waals surface area contributed by atoms with Crippen LogP contribution in [0.2, 0.25) is 0 Å². The van der Waals surface area contributed by atoms with Crippen molar-refractivity contribution >= 4 is 0 Å². The first-order valence-electron chi connectivity index (χ1n) is 6.95. The fraction of sp³-hybridized carbons (Fsp3) is 0.625. The Morgan fingerprint density at radius 1 is 1.39 bits per heavy atom. The Labute approximate surface area is 111 Å². The van der Waals surface area contributed by atoms with Gasteiger partial charge >= 0.3 is 0 Å². The zero-order chi connectivity index (χ0) is 13.2. The van der Waals surface area contributed by atoms with E-state index < -0.39 is 0 Å². The summed E-state index contributed by atoms with van der Waals surface area (Å²) in [6.07, 6.45) is 1.25. The predicted octanol–water partition coefficient (Wildman–Crippen LogP) is 2.81. The number of benzene rings is 1. The maximum absolute atomic E-state index is 3.51. The van der Waals surface area contributed by atoms with Crippen molar-refractivity contribution in [3.05, 3.63) is 35.4 Å². The molecular weight excluding hydrogens is 220 g/mol. The summed E-state index contributed by atoms with van der Waals surface area (Å²) in [4.78, 5) is 2.52. The fourth-order valence-electron chi connectivity index (χ4n) is 3.18. The molecule has 0 aromatic heterocycles. The van der Waals surface area contributed by atoms with E-state index in [0.29, 0.717) is 11.5 Å². The van der Waals surface area contributed by atoms with Crippen LogP contribution < -0.4 is 5.32 Å². The summed E-state index contributed by atoms with van der Waals surface area (Å²) in [5.74, 6) is 0. The van der Waals surface area contributed by atoms with Crippen LogP contribution in [0.15, 0.2) is 24.3 Å². The van der Waals surface area contributed by atoms with Crippen molar-refractivity contribution in [3.8, 4) is 0 Å². The number of nitrogens with one attached hydrogen (secondary N) is 1. The summed E-state index contributed by atoms with van der Waals surface area (Å²) >= 11 is 0. The molecule has 18 heavy (non-hydrogen) atoms. The summed E-state index contributed by atoms with van der Waals surface area (Å²) < 4.78 is 0. The second kappa shape index (κ2) is 5.41. The van der Waals surface area contributed by atoms with E-state index in [-0.39, 0.29) is 0 Å². The van der Waals surface area contributed by atoms with Crippen molar-refractivity contribution in [1.82, 2.24) is 10.2 Å².